The first-order chi connectivity index (χ1) is 9.47. The van der Waals surface area contributed by atoms with Gasteiger partial charge in [-0.3, -0.25) is 4.79 Å². The van der Waals surface area contributed by atoms with Crippen LogP contribution in [0.2, 0.25) is 0 Å². The normalized spacial score (nSPS) is 10.9. The molecule has 0 radical (unpaired) electrons. The quantitative estimate of drug-likeness (QED) is 0.833. The van der Waals surface area contributed by atoms with E-state index < -0.39 is 0 Å². The van der Waals surface area contributed by atoms with E-state index in [1.54, 1.807) is 7.11 Å². The molecule has 0 aromatic heterocycles. The first kappa shape index (κ1) is 16.5. The third kappa shape index (κ3) is 4.53. The summed E-state index contributed by atoms with van der Waals surface area (Å²) < 4.78 is 5.09. The molecule has 20 heavy (non-hydrogen) atoms. The summed E-state index contributed by atoms with van der Waals surface area (Å²) in [7, 11) is 1.65. The second-order valence-electron chi connectivity index (χ2n) is 5.43. The van der Waals surface area contributed by atoms with Crippen LogP contribution in [-0.4, -0.2) is 43.2 Å². The van der Waals surface area contributed by atoms with Crippen molar-refractivity contribution in [2.45, 2.75) is 39.8 Å². The highest BCUT2D eigenvalue weighted by atomic mass is 16.5. The van der Waals surface area contributed by atoms with E-state index in [2.05, 4.69) is 19.2 Å². The molecule has 0 atom stereocenters. The number of ether oxygens (including phenoxy) is 1. The zero-order chi connectivity index (χ0) is 15.1. The number of amides is 1. The third-order valence-corrected chi connectivity index (χ3v) is 3.02. The first-order valence-electron chi connectivity index (χ1n) is 7.12. The number of hydrogen-bond donors (Lipinski definition) is 1. The fourth-order valence-electron chi connectivity index (χ4n) is 2.05. The average Bonchev–Trinajstić information content (AvgIpc) is 2.38. The highest BCUT2D eigenvalue weighted by Crippen LogP contribution is 2.19. The Morgan fingerprint density at radius 3 is 2.45 bits per heavy atom. The van der Waals surface area contributed by atoms with Gasteiger partial charge in [0.1, 0.15) is 0 Å². The lowest BCUT2D eigenvalue weighted by atomic mass is 10.1. The van der Waals surface area contributed by atoms with Crippen LogP contribution < -0.4 is 5.32 Å². The van der Waals surface area contributed by atoms with Gasteiger partial charge in [-0.2, -0.15) is 0 Å². The maximum atomic E-state index is 12.7. The minimum atomic E-state index is 0.0424. The molecular weight excluding hydrogens is 252 g/mol. The van der Waals surface area contributed by atoms with Crippen LogP contribution in [0.5, 0.6) is 0 Å². The van der Waals surface area contributed by atoms with E-state index in [1.807, 2.05) is 43.0 Å². The smallest absolute Gasteiger partial charge is 0.256 e. The predicted octanol–water partition coefficient (Wildman–Crippen LogP) is 3.00. The van der Waals surface area contributed by atoms with Gasteiger partial charge in [-0.25, -0.2) is 0 Å². The minimum Gasteiger partial charge on any atom is -0.383 e. The lowest BCUT2D eigenvalue weighted by molar-refractivity contribution is 0.0636. The summed E-state index contributed by atoms with van der Waals surface area (Å²) in [5.41, 5.74) is 1.60. The Balaban J connectivity index is 2.99. The van der Waals surface area contributed by atoms with E-state index in [4.69, 9.17) is 4.74 Å². The molecule has 1 rings (SSSR count). The van der Waals surface area contributed by atoms with E-state index in [-0.39, 0.29) is 18.0 Å². The molecule has 0 aliphatic rings. The number of carbonyl (C=O) groups is 1. The molecule has 1 N–H and O–H groups in total. The fourth-order valence-corrected chi connectivity index (χ4v) is 2.05. The van der Waals surface area contributed by atoms with E-state index in [9.17, 15) is 4.79 Å². The van der Waals surface area contributed by atoms with Gasteiger partial charge < -0.3 is 15.0 Å². The predicted molar refractivity (Wildman–Crippen MR) is 83.2 cm³/mol. The summed E-state index contributed by atoms with van der Waals surface area (Å²) in [6.45, 7) is 9.31. The van der Waals surface area contributed by atoms with E-state index in [1.165, 1.54) is 0 Å². The Hall–Kier alpha value is -1.55. The number of nitrogens with zero attached hydrogens (tertiary/aromatic N) is 1. The molecule has 112 valence electrons. The van der Waals surface area contributed by atoms with Crippen LogP contribution in [0, 0.1) is 0 Å². The molecule has 0 heterocycles. The van der Waals surface area contributed by atoms with Gasteiger partial charge in [0.25, 0.3) is 5.91 Å². The van der Waals surface area contributed by atoms with Crippen molar-refractivity contribution in [3.8, 4) is 0 Å². The SMILES string of the molecule is COCCN(C(=O)c1ccccc1NC(C)C)C(C)C. The molecule has 0 bridgehead atoms. The Morgan fingerprint density at radius 2 is 1.90 bits per heavy atom. The van der Waals surface area contributed by atoms with Gasteiger partial charge in [0.2, 0.25) is 0 Å². The molecule has 1 aromatic rings. The molecule has 0 aliphatic heterocycles. The number of hydrogen-bond acceptors (Lipinski definition) is 3. The van der Waals surface area contributed by atoms with E-state index >= 15 is 0 Å². The molecule has 0 spiro atoms. The molecule has 0 saturated heterocycles. The van der Waals surface area contributed by atoms with Crippen LogP contribution in [0.1, 0.15) is 38.1 Å². The zero-order valence-electron chi connectivity index (χ0n) is 13.1. The van der Waals surface area contributed by atoms with E-state index in [0.717, 1.165) is 5.69 Å². The topological polar surface area (TPSA) is 41.6 Å². The number of para-hydroxylation sites is 1. The van der Waals surface area contributed by atoms with Gasteiger partial charge >= 0.3 is 0 Å². The summed E-state index contributed by atoms with van der Waals surface area (Å²) in [5, 5.41) is 3.33. The highest BCUT2D eigenvalue weighted by Gasteiger charge is 2.21. The number of benzene rings is 1. The largest absolute Gasteiger partial charge is 0.383 e. The van der Waals surface area contributed by atoms with Crippen LogP contribution in [0.3, 0.4) is 0 Å². The van der Waals surface area contributed by atoms with E-state index in [0.29, 0.717) is 18.7 Å². The average molecular weight is 278 g/mol. The van der Waals surface area contributed by atoms with Crippen LogP contribution in [0.25, 0.3) is 0 Å². The molecule has 0 fully saturated rings. The van der Waals surface area contributed by atoms with Crippen LogP contribution in [0.4, 0.5) is 5.69 Å². The van der Waals surface area contributed by atoms with Crippen molar-refractivity contribution in [1.82, 2.24) is 4.90 Å². The Bertz CT molecular complexity index is 430. The summed E-state index contributed by atoms with van der Waals surface area (Å²) in [6.07, 6.45) is 0. The number of nitrogens with one attached hydrogen (secondary N) is 1. The molecular formula is C16H26N2O2. The molecule has 0 aliphatic carbocycles. The third-order valence-electron chi connectivity index (χ3n) is 3.02. The summed E-state index contributed by atoms with van der Waals surface area (Å²) in [5.74, 6) is 0.0424. The highest BCUT2D eigenvalue weighted by molar-refractivity contribution is 5.99. The zero-order valence-corrected chi connectivity index (χ0v) is 13.1. The monoisotopic (exact) mass is 278 g/mol. The molecule has 1 amide bonds. The summed E-state index contributed by atoms with van der Waals surface area (Å²) >= 11 is 0. The Labute approximate surface area is 122 Å². The molecule has 1 aromatic carbocycles. The van der Waals surface area contributed by atoms with Crippen molar-refractivity contribution < 1.29 is 9.53 Å². The van der Waals surface area contributed by atoms with Gasteiger partial charge in [-0.15, -0.1) is 0 Å². The van der Waals surface area contributed by atoms with Gasteiger partial charge in [0.05, 0.1) is 12.2 Å². The number of rotatable bonds is 7. The lowest BCUT2D eigenvalue weighted by Gasteiger charge is -2.27. The molecule has 0 saturated carbocycles. The van der Waals surface area contributed by atoms with Crippen molar-refractivity contribution >= 4 is 11.6 Å². The number of anilines is 1. The molecule has 0 unspecified atom stereocenters. The van der Waals surface area contributed by atoms with Crippen molar-refractivity contribution in [2.75, 3.05) is 25.6 Å². The molecule has 4 nitrogen and oxygen atoms in total. The second kappa shape index (κ2) is 7.90. The summed E-state index contributed by atoms with van der Waals surface area (Å²) in [4.78, 5) is 14.6. The van der Waals surface area contributed by atoms with Crippen molar-refractivity contribution in [2.24, 2.45) is 0 Å². The maximum absolute atomic E-state index is 12.7. The summed E-state index contributed by atoms with van der Waals surface area (Å²) in [6, 6.07) is 8.08. The van der Waals surface area contributed by atoms with Crippen LogP contribution in [-0.2, 0) is 4.74 Å². The minimum absolute atomic E-state index is 0.0424. The second-order valence-corrected chi connectivity index (χ2v) is 5.43. The van der Waals surface area contributed by atoms with Crippen LogP contribution in [0.15, 0.2) is 24.3 Å². The first-order valence-corrected chi connectivity index (χ1v) is 7.12. The number of carbonyl (C=O) groups excluding carboxylic acids is 1. The van der Waals surface area contributed by atoms with Crippen molar-refractivity contribution in [1.29, 1.82) is 0 Å². The lowest BCUT2D eigenvalue weighted by Crippen LogP contribution is -2.39. The van der Waals surface area contributed by atoms with Gasteiger partial charge in [-0.05, 0) is 39.8 Å². The number of methoxy groups -OCH3 is 1. The van der Waals surface area contributed by atoms with Gasteiger partial charge in [-0.1, -0.05) is 12.1 Å². The maximum Gasteiger partial charge on any atom is 0.256 e. The van der Waals surface area contributed by atoms with Gasteiger partial charge in [0.15, 0.2) is 0 Å². The van der Waals surface area contributed by atoms with Crippen molar-refractivity contribution in [3.63, 3.8) is 0 Å². The standard InChI is InChI=1S/C16H26N2O2/c1-12(2)17-15-9-7-6-8-14(15)16(19)18(13(3)4)10-11-20-5/h6-9,12-13,17H,10-11H2,1-5H3. The van der Waals surface area contributed by atoms with Crippen LogP contribution >= 0.6 is 0 Å². The van der Waals surface area contributed by atoms with Crippen molar-refractivity contribution in [3.05, 3.63) is 29.8 Å². The van der Waals surface area contributed by atoms with Gasteiger partial charge in [0, 0.05) is 31.4 Å². The Morgan fingerprint density at radius 1 is 1.25 bits per heavy atom. The fraction of sp³-hybridized carbons (Fsp3) is 0.562. The Kier molecular flexibility index (Phi) is 6.52. The molecule has 4 heteroatoms.